The van der Waals surface area contributed by atoms with E-state index < -0.39 is 0 Å². The fraction of sp³-hybridized carbons (Fsp3) is 0.286. The van der Waals surface area contributed by atoms with Crippen LogP contribution < -0.4 is 5.32 Å². The lowest BCUT2D eigenvalue weighted by atomic mass is 9.95. The van der Waals surface area contributed by atoms with Gasteiger partial charge in [-0.3, -0.25) is 14.4 Å². The molecule has 0 bridgehead atoms. The van der Waals surface area contributed by atoms with Crippen LogP contribution in [-0.2, 0) is 4.79 Å². The lowest BCUT2D eigenvalue weighted by Gasteiger charge is -2.31. The fourth-order valence-corrected chi connectivity index (χ4v) is 3.52. The standard InChI is InChI=1S/C21H21BrN2O3/c1-14(25)18-4-2-3-5-19(18)23-20(26)15-10-12-24(13-11-15)21(27)16-6-8-17(22)9-7-16/h2-9,15H,10-13H2,1H3,(H,23,26). The van der Waals surface area contributed by atoms with Crippen molar-refractivity contribution in [2.75, 3.05) is 18.4 Å². The molecule has 0 radical (unpaired) electrons. The number of ketones is 1. The smallest absolute Gasteiger partial charge is 0.253 e. The van der Waals surface area contributed by atoms with Gasteiger partial charge in [0, 0.05) is 34.6 Å². The maximum absolute atomic E-state index is 12.6. The number of amides is 2. The number of nitrogens with one attached hydrogen (secondary N) is 1. The average Bonchev–Trinajstić information content (AvgIpc) is 2.68. The van der Waals surface area contributed by atoms with Crippen molar-refractivity contribution >= 4 is 39.2 Å². The molecule has 0 saturated carbocycles. The third-order valence-electron chi connectivity index (χ3n) is 4.81. The molecule has 2 amide bonds. The maximum atomic E-state index is 12.6. The molecule has 1 N–H and O–H groups in total. The lowest BCUT2D eigenvalue weighted by molar-refractivity contribution is -0.121. The van der Waals surface area contributed by atoms with Gasteiger partial charge in [-0.25, -0.2) is 0 Å². The first-order valence-electron chi connectivity index (χ1n) is 8.91. The van der Waals surface area contributed by atoms with Crippen LogP contribution in [-0.4, -0.2) is 35.6 Å². The van der Waals surface area contributed by atoms with E-state index in [9.17, 15) is 14.4 Å². The Bertz CT molecular complexity index is 856. The molecule has 5 nitrogen and oxygen atoms in total. The first-order chi connectivity index (χ1) is 13.0. The van der Waals surface area contributed by atoms with Gasteiger partial charge in [-0.1, -0.05) is 28.1 Å². The number of likely N-dealkylation sites (tertiary alicyclic amines) is 1. The van der Waals surface area contributed by atoms with Crippen molar-refractivity contribution in [1.29, 1.82) is 0 Å². The third kappa shape index (κ3) is 4.63. The highest BCUT2D eigenvalue weighted by Gasteiger charge is 2.28. The summed E-state index contributed by atoms with van der Waals surface area (Å²) in [7, 11) is 0. The Morgan fingerprint density at radius 3 is 2.26 bits per heavy atom. The van der Waals surface area contributed by atoms with Gasteiger partial charge in [-0.05, 0) is 56.2 Å². The first kappa shape index (κ1) is 19.3. The normalized spacial score (nSPS) is 14.7. The van der Waals surface area contributed by atoms with Crippen molar-refractivity contribution in [2.24, 2.45) is 5.92 Å². The van der Waals surface area contributed by atoms with Crippen LogP contribution in [0.15, 0.2) is 53.0 Å². The van der Waals surface area contributed by atoms with Crippen molar-refractivity contribution < 1.29 is 14.4 Å². The highest BCUT2D eigenvalue weighted by Crippen LogP contribution is 2.23. The second-order valence-electron chi connectivity index (χ2n) is 6.66. The van der Waals surface area contributed by atoms with Crippen molar-refractivity contribution in [2.45, 2.75) is 19.8 Å². The van der Waals surface area contributed by atoms with Crippen LogP contribution in [0.25, 0.3) is 0 Å². The van der Waals surface area contributed by atoms with Crippen LogP contribution in [0.3, 0.4) is 0 Å². The number of piperidine rings is 1. The van der Waals surface area contributed by atoms with Gasteiger partial charge in [-0.15, -0.1) is 0 Å². The monoisotopic (exact) mass is 428 g/mol. The molecule has 2 aromatic carbocycles. The maximum Gasteiger partial charge on any atom is 0.253 e. The molecule has 0 spiro atoms. The third-order valence-corrected chi connectivity index (χ3v) is 5.34. The van der Waals surface area contributed by atoms with Crippen molar-refractivity contribution in [1.82, 2.24) is 4.90 Å². The van der Waals surface area contributed by atoms with Gasteiger partial charge >= 0.3 is 0 Å². The Morgan fingerprint density at radius 2 is 1.63 bits per heavy atom. The quantitative estimate of drug-likeness (QED) is 0.743. The van der Waals surface area contributed by atoms with Crippen LogP contribution in [0.5, 0.6) is 0 Å². The number of hydrogen-bond donors (Lipinski definition) is 1. The summed E-state index contributed by atoms with van der Waals surface area (Å²) in [5.41, 5.74) is 1.70. The highest BCUT2D eigenvalue weighted by atomic mass is 79.9. The Labute approximate surface area is 166 Å². The summed E-state index contributed by atoms with van der Waals surface area (Å²) in [6.07, 6.45) is 1.21. The molecule has 1 saturated heterocycles. The van der Waals surface area contributed by atoms with Gasteiger partial charge in [-0.2, -0.15) is 0 Å². The van der Waals surface area contributed by atoms with Gasteiger partial charge in [0.2, 0.25) is 5.91 Å². The Morgan fingerprint density at radius 1 is 1.00 bits per heavy atom. The van der Waals surface area contributed by atoms with Crippen molar-refractivity contribution in [3.05, 3.63) is 64.1 Å². The summed E-state index contributed by atoms with van der Waals surface area (Å²) in [5, 5.41) is 2.88. The Hall–Kier alpha value is -2.47. The molecular weight excluding hydrogens is 408 g/mol. The topological polar surface area (TPSA) is 66.5 Å². The van der Waals surface area contributed by atoms with E-state index in [-0.39, 0.29) is 23.5 Å². The molecule has 1 heterocycles. The molecule has 140 valence electrons. The van der Waals surface area contributed by atoms with Crippen LogP contribution >= 0.6 is 15.9 Å². The van der Waals surface area contributed by atoms with E-state index in [0.29, 0.717) is 42.7 Å². The predicted molar refractivity (Wildman–Crippen MR) is 108 cm³/mol. The fourth-order valence-electron chi connectivity index (χ4n) is 3.25. The molecule has 1 aliphatic heterocycles. The number of Topliss-reactive ketones (excluding diaryl/α,β-unsaturated/α-hetero) is 1. The number of carbonyl (C=O) groups excluding carboxylic acids is 3. The summed E-state index contributed by atoms with van der Waals surface area (Å²) in [4.78, 5) is 38.7. The van der Waals surface area contributed by atoms with Gasteiger partial charge in [0.25, 0.3) is 5.91 Å². The predicted octanol–water partition coefficient (Wildman–Crippen LogP) is 4.14. The second-order valence-corrected chi connectivity index (χ2v) is 7.58. The van der Waals surface area contributed by atoms with Gasteiger partial charge < -0.3 is 10.2 Å². The van der Waals surface area contributed by atoms with E-state index in [4.69, 9.17) is 0 Å². The van der Waals surface area contributed by atoms with Crippen LogP contribution in [0.4, 0.5) is 5.69 Å². The molecule has 2 aromatic rings. The zero-order valence-corrected chi connectivity index (χ0v) is 16.7. The number of nitrogens with zero attached hydrogens (tertiary/aromatic N) is 1. The number of carbonyl (C=O) groups is 3. The Balaban J connectivity index is 1.59. The van der Waals surface area contributed by atoms with Crippen molar-refractivity contribution in [3.8, 4) is 0 Å². The largest absolute Gasteiger partial charge is 0.339 e. The molecule has 1 aliphatic rings. The number of anilines is 1. The molecule has 27 heavy (non-hydrogen) atoms. The lowest BCUT2D eigenvalue weighted by Crippen LogP contribution is -2.41. The number of para-hydroxylation sites is 1. The second kappa shape index (κ2) is 8.48. The molecule has 1 fully saturated rings. The number of benzene rings is 2. The minimum atomic E-state index is -0.168. The summed E-state index contributed by atoms with van der Waals surface area (Å²) < 4.78 is 0.931. The van der Waals surface area contributed by atoms with Gasteiger partial charge in [0.05, 0.1) is 5.69 Å². The van der Waals surface area contributed by atoms with Crippen molar-refractivity contribution in [3.63, 3.8) is 0 Å². The minimum absolute atomic E-state index is 0.0108. The molecule has 6 heteroatoms. The minimum Gasteiger partial charge on any atom is -0.339 e. The average molecular weight is 429 g/mol. The molecular formula is C21H21BrN2O3. The van der Waals surface area contributed by atoms with E-state index >= 15 is 0 Å². The molecule has 0 aromatic heterocycles. The zero-order chi connectivity index (χ0) is 19.4. The zero-order valence-electron chi connectivity index (χ0n) is 15.1. The molecule has 0 unspecified atom stereocenters. The van der Waals surface area contributed by atoms with E-state index in [1.54, 1.807) is 41.3 Å². The van der Waals surface area contributed by atoms with E-state index in [1.165, 1.54) is 6.92 Å². The van der Waals surface area contributed by atoms with Crippen LogP contribution in [0.2, 0.25) is 0 Å². The van der Waals surface area contributed by atoms with Crippen LogP contribution in [0, 0.1) is 5.92 Å². The summed E-state index contributed by atoms with van der Waals surface area (Å²) >= 11 is 3.37. The van der Waals surface area contributed by atoms with Gasteiger partial charge in [0.1, 0.15) is 0 Å². The molecule has 3 rings (SSSR count). The number of halogens is 1. The van der Waals surface area contributed by atoms with Gasteiger partial charge in [0.15, 0.2) is 5.78 Å². The SMILES string of the molecule is CC(=O)c1ccccc1NC(=O)C1CCN(C(=O)c2ccc(Br)cc2)CC1. The van der Waals surface area contributed by atoms with E-state index in [0.717, 1.165) is 4.47 Å². The summed E-state index contributed by atoms with van der Waals surface area (Å²) in [6, 6.07) is 14.3. The first-order valence-corrected chi connectivity index (χ1v) is 9.70. The number of hydrogen-bond acceptors (Lipinski definition) is 3. The molecule has 0 atom stereocenters. The number of rotatable bonds is 4. The molecule has 0 aliphatic carbocycles. The highest BCUT2D eigenvalue weighted by molar-refractivity contribution is 9.10. The summed E-state index contributed by atoms with van der Waals surface area (Å²) in [5.74, 6) is -0.359. The Kier molecular flexibility index (Phi) is 6.06. The van der Waals surface area contributed by atoms with Crippen LogP contribution in [0.1, 0.15) is 40.5 Å². The van der Waals surface area contributed by atoms with E-state index in [1.807, 2.05) is 12.1 Å². The summed E-state index contributed by atoms with van der Waals surface area (Å²) in [6.45, 7) is 2.57. The van der Waals surface area contributed by atoms with E-state index in [2.05, 4.69) is 21.2 Å².